The van der Waals surface area contributed by atoms with Gasteiger partial charge in [0.25, 0.3) is 5.91 Å². The Balaban J connectivity index is 3.88. The van der Waals surface area contributed by atoms with Crippen LogP contribution in [0.5, 0.6) is 0 Å². The van der Waals surface area contributed by atoms with E-state index in [-0.39, 0.29) is 18.9 Å². The van der Waals surface area contributed by atoms with Crippen molar-refractivity contribution in [1.29, 1.82) is 0 Å². The quantitative estimate of drug-likeness (QED) is 0.156. The molecule has 0 radical (unpaired) electrons. The third-order valence-corrected chi connectivity index (χ3v) is 4.35. The molecular weight excluding hydrogens is 428 g/mol. The molecular formula is C28H40N2O4. The maximum atomic E-state index is 11.9. The number of rotatable bonds is 17. The van der Waals surface area contributed by atoms with Crippen molar-refractivity contribution in [2.45, 2.75) is 65.2 Å². The van der Waals surface area contributed by atoms with E-state index < -0.39 is 11.9 Å². The predicted molar refractivity (Wildman–Crippen MR) is 140 cm³/mol. The third-order valence-electron chi connectivity index (χ3n) is 4.35. The first-order chi connectivity index (χ1) is 16.5. The molecule has 0 saturated carbocycles. The number of carboxylic acid groups (broad SMARTS) is 1. The van der Waals surface area contributed by atoms with Crippen LogP contribution >= 0.6 is 0 Å². The standard InChI is InChI=1S/C28H40N2O4/c1-3-5-6-7-8-9-10-11-12-13-14-15-16-17-18-19-20-21-22-23-26(31)29-30(4-2)27(32)24-25-28(33)34/h5-6,8-9,11-12,14-15,17-18,20-21,24-25H,3-4,7,10,13,16,19,22-23H2,1-2H3,(H,29,31)(H,33,34)/b6-5-,9-8-,12-11-,15-14-,18-17-,21-20-,25-24?. The molecule has 0 rings (SSSR count). The lowest BCUT2D eigenvalue weighted by atomic mass is 10.2. The Kier molecular flexibility index (Phi) is 20.5. The van der Waals surface area contributed by atoms with Crippen molar-refractivity contribution in [3.05, 3.63) is 85.1 Å². The summed E-state index contributed by atoms with van der Waals surface area (Å²) in [6.45, 7) is 4.07. The predicted octanol–water partition coefficient (Wildman–Crippen LogP) is 5.98. The molecule has 186 valence electrons. The van der Waals surface area contributed by atoms with E-state index in [0.29, 0.717) is 6.42 Å². The van der Waals surface area contributed by atoms with Gasteiger partial charge in [0.15, 0.2) is 0 Å². The number of amides is 2. The summed E-state index contributed by atoms with van der Waals surface area (Å²) in [5.41, 5.74) is 2.48. The molecule has 2 amide bonds. The van der Waals surface area contributed by atoms with E-state index in [0.717, 1.165) is 55.7 Å². The monoisotopic (exact) mass is 468 g/mol. The molecule has 0 heterocycles. The second kappa shape index (κ2) is 22.8. The summed E-state index contributed by atoms with van der Waals surface area (Å²) in [7, 11) is 0. The smallest absolute Gasteiger partial charge is 0.328 e. The lowest BCUT2D eigenvalue weighted by molar-refractivity contribution is -0.137. The molecule has 2 N–H and O–H groups in total. The molecule has 0 unspecified atom stereocenters. The van der Waals surface area contributed by atoms with Gasteiger partial charge in [-0.2, -0.15) is 0 Å². The van der Waals surface area contributed by atoms with Crippen LogP contribution in [0.15, 0.2) is 85.1 Å². The molecule has 6 heteroatoms. The van der Waals surface area contributed by atoms with Gasteiger partial charge in [0.2, 0.25) is 5.91 Å². The molecule has 0 saturated heterocycles. The fourth-order valence-corrected chi connectivity index (χ4v) is 2.58. The molecule has 0 aromatic carbocycles. The van der Waals surface area contributed by atoms with Crippen LogP contribution in [0.1, 0.15) is 65.2 Å². The highest BCUT2D eigenvalue weighted by molar-refractivity contribution is 5.94. The summed E-state index contributed by atoms with van der Waals surface area (Å²) in [6.07, 6.45) is 33.7. The van der Waals surface area contributed by atoms with Gasteiger partial charge in [-0.1, -0.05) is 79.8 Å². The van der Waals surface area contributed by atoms with Gasteiger partial charge in [0.1, 0.15) is 0 Å². The van der Waals surface area contributed by atoms with Crippen molar-refractivity contribution in [1.82, 2.24) is 10.4 Å². The van der Waals surface area contributed by atoms with Gasteiger partial charge in [-0.15, -0.1) is 0 Å². The van der Waals surface area contributed by atoms with E-state index in [4.69, 9.17) is 5.11 Å². The average molecular weight is 469 g/mol. The fraction of sp³-hybridized carbons (Fsp3) is 0.393. The minimum atomic E-state index is -1.21. The number of carboxylic acids is 1. The summed E-state index contributed by atoms with van der Waals surface area (Å²) >= 11 is 0. The molecule has 34 heavy (non-hydrogen) atoms. The zero-order valence-electron chi connectivity index (χ0n) is 20.6. The van der Waals surface area contributed by atoms with Crippen molar-refractivity contribution in [2.24, 2.45) is 0 Å². The van der Waals surface area contributed by atoms with E-state index in [2.05, 4.69) is 73.1 Å². The van der Waals surface area contributed by atoms with Crippen LogP contribution in [0.25, 0.3) is 0 Å². The molecule has 0 atom stereocenters. The van der Waals surface area contributed by atoms with Crippen molar-refractivity contribution in [2.75, 3.05) is 6.54 Å². The Bertz CT molecular complexity index is 786. The molecule has 0 bridgehead atoms. The van der Waals surface area contributed by atoms with Crippen LogP contribution in [0.2, 0.25) is 0 Å². The Morgan fingerprint density at radius 3 is 1.53 bits per heavy atom. The average Bonchev–Trinajstić information content (AvgIpc) is 2.82. The van der Waals surface area contributed by atoms with Crippen molar-refractivity contribution >= 4 is 17.8 Å². The van der Waals surface area contributed by atoms with Crippen molar-refractivity contribution in [3.8, 4) is 0 Å². The van der Waals surface area contributed by atoms with Gasteiger partial charge in [0, 0.05) is 25.1 Å². The van der Waals surface area contributed by atoms with Gasteiger partial charge in [-0.05, 0) is 51.9 Å². The number of carbonyl (C=O) groups is 3. The Morgan fingerprint density at radius 2 is 1.12 bits per heavy atom. The number of allylic oxidation sites excluding steroid dienone is 12. The molecule has 0 aliphatic heterocycles. The van der Waals surface area contributed by atoms with Gasteiger partial charge in [-0.3, -0.25) is 20.0 Å². The van der Waals surface area contributed by atoms with Crippen molar-refractivity contribution in [3.63, 3.8) is 0 Å². The Labute approximate surface area is 204 Å². The van der Waals surface area contributed by atoms with E-state index in [1.54, 1.807) is 6.92 Å². The largest absolute Gasteiger partial charge is 0.478 e. The van der Waals surface area contributed by atoms with Gasteiger partial charge < -0.3 is 5.11 Å². The lowest BCUT2D eigenvalue weighted by Crippen LogP contribution is -2.45. The first-order valence-electron chi connectivity index (χ1n) is 11.9. The summed E-state index contributed by atoms with van der Waals surface area (Å²) in [4.78, 5) is 34.2. The number of hydrogen-bond acceptors (Lipinski definition) is 3. The van der Waals surface area contributed by atoms with Crippen LogP contribution in [-0.2, 0) is 14.4 Å². The fourth-order valence-electron chi connectivity index (χ4n) is 2.58. The third kappa shape index (κ3) is 20.5. The number of nitrogens with one attached hydrogen (secondary N) is 1. The van der Waals surface area contributed by atoms with Crippen LogP contribution < -0.4 is 5.43 Å². The summed E-state index contributed by atoms with van der Waals surface area (Å²) in [5, 5.41) is 9.64. The maximum absolute atomic E-state index is 11.9. The van der Waals surface area contributed by atoms with Crippen LogP contribution in [0.3, 0.4) is 0 Å². The zero-order valence-corrected chi connectivity index (χ0v) is 20.6. The second-order valence-electron chi connectivity index (χ2n) is 7.24. The molecule has 0 aliphatic carbocycles. The normalized spacial score (nSPS) is 12.5. The van der Waals surface area contributed by atoms with Gasteiger partial charge >= 0.3 is 5.97 Å². The SMILES string of the molecule is CC/C=C\C/C=C\C/C=C\C/C=C\C/C=C\C/C=C\CCC(=O)NN(CC)C(=O)C=CC(=O)O. The van der Waals surface area contributed by atoms with E-state index in [1.165, 1.54) is 0 Å². The van der Waals surface area contributed by atoms with E-state index in [9.17, 15) is 14.4 Å². The second-order valence-corrected chi connectivity index (χ2v) is 7.24. The van der Waals surface area contributed by atoms with Gasteiger partial charge in [-0.25, -0.2) is 4.79 Å². The topological polar surface area (TPSA) is 86.7 Å². The van der Waals surface area contributed by atoms with Crippen LogP contribution in [0, 0.1) is 0 Å². The van der Waals surface area contributed by atoms with Crippen LogP contribution in [-0.4, -0.2) is 34.4 Å². The molecule has 0 spiro atoms. The summed E-state index contributed by atoms with van der Waals surface area (Å²) < 4.78 is 0. The number of likely N-dealkylation sites (N-methyl/N-ethyl adjacent to an activating group) is 1. The molecule has 0 fully saturated rings. The maximum Gasteiger partial charge on any atom is 0.328 e. The number of hydrazine groups is 1. The highest BCUT2D eigenvalue weighted by Gasteiger charge is 2.11. The highest BCUT2D eigenvalue weighted by Crippen LogP contribution is 1.98. The summed E-state index contributed by atoms with van der Waals surface area (Å²) in [6, 6.07) is 0. The zero-order chi connectivity index (χ0) is 25.3. The number of aliphatic carboxylic acids is 1. The number of carbonyl (C=O) groups excluding carboxylic acids is 2. The minimum absolute atomic E-state index is 0.244. The number of hydrogen-bond donors (Lipinski definition) is 2. The number of nitrogens with zero attached hydrogens (tertiary/aromatic N) is 1. The first-order valence-corrected chi connectivity index (χ1v) is 11.9. The van der Waals surface area contributed by atoms with Crippen molar-refractivity contribution < 1.29 is 19.5 Å². The molecule has 6 nitrogen and oxygen atoms in total. The Morgan fingerprint density at radius 1 is 0.676 bits per heavy atom. The first kappa shape index (κ1) is 30.6. The highest BCUT2D eigenvalue weighted by atomic mass is 16.4. The minimum Gasteiger partial charge on any atom is -0.478 e. The summed E-state index contributed by atoms with van der Waals surface area (Å²) in [5.74, 6) is -2.08. The van der Waals surface area contributed by atoms with Crippen LogP contribution in [0.4, 0.5) is 0 Å². The van der Waals surface area contributed by atoms with E-state index in [1.807, 2.05) is 12.2 Å². The lowest BCUT2D eigenvalue weighted by Gasteiger charge is -2.19. The Hall–Kier alpha value is -3.41. The molecule has 0 aliphatic rings. The van der Waals surface area contributed by atoms with E-state index >= 15 is 0 Å². The molecule has 0 aromatic heterocycles. The van der Waals surface area contributed by atoms with Gasteiger partial charge in [0.05, 0.1) is 0 Å². The molecule has 0 aromatic rings.